The van der Waals surface area contributed by atoms with Gasteiger partial charge in [0, 0.05) is 35.7 Å². The maximum Gasteiger partial charge on any atom is 0.0452 e. The van der Waals surface area contributed by atoms with Crippen LogP contribution in [0.5, 0.6) is 0 Å². The van der Waals surface area contributed by atoms with Gasteiger partial charge in [0.2, 0.25) is 0 Å². The zero-order chi connectivity index (χ0) is 13.3. The summed E-state index contributed by atoms with van der Waals surface area (Å²) >= 11 is 12.2. The molecule has 0 radical (unpaired) electrons. The molecule has 18 heavy (non-hydrogen) atoms. The summed E-state index contributed by atoms with van der Waals surface area (Å²) in [5, 5.41) is 1.52. The van der Waals surface area contributed by atoms with Crippen molar-refractivity contribution in [2.24, 2.45) is 11.1 Å². The molecule has 1 aliphatic rings. The fraction of sp³-hybridized carbons (Fsp3) is 0.571. The molecule has 0 spiro atoms. The molecule has 2 N–H and O–H groups in total. The third kappa shape index (κ3) is 3.18. The van der Waals surface area contributed by atoms with E-state index in [2.05, 4.69) is 18.7 Å². The van der Waals surface area contributed by atoms with E-state index in [-0.39, 0.29) is 11.5 Å². The summed E-state index contributed by atoms with van der Waals surface area (Å²) in [6.07, 6.45) is 1.03. The highest BCUT2D eigenvalue weighted by atomic mass is 35.5. The van der Waals surface area contributed by atoms with Gasteiger partial charge in [-0.3, -0.25) is 4.90 Å². The molecular weight excluding hydrogens is 267 g/mol. The maximum absolute atomic E-state index is 6.21. The molecule has 0 aromatic heterocycles. The smallest absolute Gasteiger partial charge is 0.0452 e. The van der Waals surface area contributed by atoms with E-state index >= 15 is 0 Å². The number of halogens is 2. The average molecular weight is 287 g/mol. The van der Waals surface area contributed by atoms with Crippen LogP contribution in [0.1, 0.15) is 25.8 Å². The quantitative estimate of drug-likeness (QED) is 0.901. The second kappa shape index (κ2) is 5.38. The lowest BCUT2D eigenvalue weighted by Gasteiger charge is -2.42. The predicted octanol–water partition coefficient (Wildman–Crippen LogP) is 3.55. The predicted molar refractivity (Wildman–Crippen MR) is 78.1 cm³/mol. The Morgan fingerprint density at radius 2 is 2.11 bits per heavy atom. The van der Waals surface area contributed by atoms with Gasteiger partial charge in [0.05, 0.1) is 0 Å². The van der Waals surface area contributed by atoms with Crippen LogP contribution in [0.3, 0.4) is 0 Å². The number of piperidine rings is 1. The first kappa shape index (κ1) is 14.1. The third-order valence-electron chi connectivity index (χ3n) is 3.79. The molecule has 1 unspecified atom stereocenters. The van der Waals surface area contributed by atoms with Crippen LogP contribution >= 0.6 is 23.2 Å². The van der Waals surface area contributed by atoms with Crippen molar-refractivity contribution in [3.05, 3.63) is 33.8 Å². The second-order valence-electron chi connectivity index (χ2n) is 5.83. The Morgan fingerprint density at radius 1 is 1.39 bits per heavy atom. The molecule has 4 heteroatoms. The molecule has 2 nitrogen and oxygen atoms in total. The van der Waals surface area contributed by atoms with Gasteiger partial charge < -0.3 is 5.73 Å². The van der Waals surface area contributed by atoms with Gasteiger partial charge in [-0.2, -0.15) is 0 Å². The first-order chi connectivity index (χ1) is 8.38. The number of nitrogens with two attached hydrogens (primary N) is 1. The Bertz CT molecular complexity index is 432. The standard InChI is InChI=1S/C14H20Cl2N2/c1-14(2)9-18(6-5-13(14)17)8-10-7-11(15)3-4-12(10)16/h3-4,7,13H,5-6,8-9,17H2,1-2H3. The van der Waals surface area contributed by atoms with Crippen LogP contribution in [-0.4, -0.2) is 24.0 Å². The fourth-order valence-corrected chi connectivity index (χ4v) is 2.90. The Morgan fingerprint density at radius 3 is 2.78 bits per heavy atom. The molecule has 0 saturated carbocycles. The summed E-state index contributed by atoms with van der Waals surface area (Å²) in [7, 11) is 0. The number of likely N-dealkylation sites (tertiary alicyclic amines) is 1. The van der Waals surface area contributed by atoms with Crippen LogP contribution in [0, 0.1) is 5.41 Å². The van der Waals surface area contributed by atoms with Gasteiger partial charge in [-0.1, -0.05) is 37.0 Å². The summed E-state index contributed by atoms with van der Waals surface area (Å²) in [5.41, 5.74) is 7.40. The normalized spacial score (nSPS) is 24.2. The van der Waals surface area contributed by atoms with Crippen molar-refractivity contribution in [3.63, 3.8) is 0 Å². The molecule has 0 aliphatic carbocycles. The second-order valence-corrected chi connectivity index (χ2v) is 6.67. The van der Waals surface area contributed by atoms with Gasteiger partial charge >= 0.3 is 0 Å². The first-order valence-corrected chi connectivity index (χ1v) is 7.06. The van der Waals surface area contributed by atoms with Gasteiger partial charge in [-0.15, -0.1) is 0 Å². The summed E-state index contributed by atoms with van der Waals surface area (Å²) in [4.78, 5) is 2.40. The van der Waals surface area contributed by atoms with Gasteiger partial charge in [-0.05, 0) is 35.6 Å². The molecule has 2 rings (SSSR count). The Labute approximate surface area is 119 Å². The highest BCUT2D eigenvalue weighted by molar-refractivity contribution is 6.33. The van der Waals surface area contributed by atoms with Crippen molar-refractivity contribution in [3.8, 4) is 0 Å². The number of rotatable bonds is 2. The summed E-state index contributed by atoms with van der Waals surface area (Å²) in [6, 6.07) is 5.91. The minimum atomic E-state index is 0.156. The monoisotopic (exact) mass is 286 g/mol. The van der Waals surface area contributed by atoms with E-state index < -0.39 is 0 Å². The number of hydrogen-bond acceptors (Lipinski definition) is 2. The van der Waals surface area contributed by atoms with Crippen LogP contribution in [0.2, 0.25) is 10.0 Å². The van der Waals surface area contributed by atoms with Crippen molar-refractivity contribution < 1.29 is 0 Å². The lowest BCUT2D eigenvalue weighted by atomic mass is 9.79. The zero-order valence-corrected chi connectivity index (χ0v) is 12.4. The number of benzene rings is 1. The molecule has 0 bridgehead atoms. The van der Waals surface area contributed by atoms with Gasteiger partial charge in [0.15, 0.2) is 0 Å². The van der Waals surface area contributed by atoms with E-state index in [1.165, 1.54) is 0 Å². The molecule has 1 aromatic carbocycles. The van der Waals surface area contributed by atoms with Crippen molar-refractivity contribution in [1.82, 2.24) is 4.90 Å². The van der Waals surface area contributed by atoms with Crippen molar-refractivity contribution >= 4 is 23.2 Å². The van der Waals surface area contributed by atoms with Crippen LogP contribution < -0.4 is 5.73 Å². The number of nitrogens with zero attached hydrogens (tertiary/aromatic N) is 1. The van der Waals surface area contributed by atoms with Crippen LogP contribution in [0.4, 0.5) is 0 Å². The summed E-state index contributed by atoms with van der Waals surface area (Å²) in [6.45, 7) is 7.31. The SMILES string of the molecule is CC1(C)CN(Cc2cc(Cl)ccc2Cl)CCC1N. The lowest BCUT2D eigenvalue weighted by molar-refractivity contribution is 0.0899. The molecule has 100 valence electrons. The van der Waals surface area contributed by atoms with E-state index in [1.54, 1.807) is 0 Å². The highest BCUT2D eigenvalue weighted by Gasteiger charge is 2.33. The Balaban J connectivity index is 2.08. The van der Waals surface area contributed by atoms with Crippen LogP contribution in [0.25, 0.3) is 0 Å². The van der Waals surface area contributed by atoms with Gasteiger partial charge in [0.1, 0.15) is 0 Å². The maximum atomic E-state index is 6.21. The third-order valence-corrected chi connectivity index (χ3v) is 4.40. The zero-order valence-electron chi connectivity index (χ0n) is 10.9. The van der Waals surface area contributed by atoms with E-state index in [4.69, 9.17) is 28.9 Å². The Hall–Kier alpha value is -0.280. The first-order valence-electron chi connectivity index (χ1n) is 6.30. The largest absolute Gasteiger partial charge is 0.327 e. The fourth-order valence-electron chi connectivity index (χ4n) is 2.53. The molecule has 1 aliphatic heterocycles. The van der Waals surface area contributed by atoms with Gasteiger partial charge in [0.25, 0.3) is 0 Å². The molecule has 1 heterocycles. The average Bonchev–Trinajstić information content (AvgIpc) is 2.28. The highest BCUT2D eigenvalue weighted by Crippen LogP contribution is 2.30. The van der Waals surface area contributed by atoms with Crippen molar-refractivity contribution in [1.29, 1.82) is 0 Å². The summed E-state index contributed by atoms with van der Waals surface area (Å²) in [5.74, 6) is 0. The molecule has 1 fully saturated rings. The van der Waals surface area contributed by atoms with Crippen molar-refractivity contribution in [2.75, 3.05) is 13.1 Å². The van der Waals surface area contributed by atoms with Crippen molar-refractivity contribution in [2.45, 2.75) is 32.9 Å². The molecule has 1 saturated heterocycles. The minimum Gasteiger partial charge on any atom is -0.327 e. The van der Waals surface area contributed by atoms with E-state index in [0.29, 0.717) is 0 Å². The van der Waals surface area contributed by atoms with Gasteiger partial charge in [-0.25, -0.2) is 0 Å². The van der Waals surface area contributed by atoms with E-state index in [9.17, 15) is 0 Å². The van der Waals surface area contributed by atoms with Crippen LogP contribution in [0.15, 0.2) is 18.2 Å². The molecule has 0 amide bonds. The van der Waals surface area contributed by atoms with Crippen LogP contribution in [-0.2, 0) is 6.54 Å². The summed E-state index contributed by atoms with van der Waals surface area (Å²) < 4.78 is 0. The van der Waals surface area contributed by atoms with E-state index in [0.717, 1.165) is 41.7 Å². The minimum absolute atomic E-state index is 0.156. The van der Waals surface area contributed by atoms with E-state index in [1.807, 2.05) is 18.2 Å². The number of hydrogen-bond donors (Lipinski definition) is 1. The molecule has 1 aromatic rings. The lowest BCUT2D eigenvalue weighted by Crippen LogP contribution is -2.52. The topological polar surface area (TPSA) is 29.3 Å². The molecular formula is C14H20Cl2N2. The Kier molecular flexibility index (Phi) is 4.22. The molecule has 1 atom stereocenters.